The second-order valence-corrected chi connectivity index (χ2v) is 7.65. The second kappa shape index (κ2) is 10.6. The third-order valence-corrected chi connectivity index (χ3v) is 4.96. The Balaban J connectivity index is 1.90. The summed E-state index contributed by atoms with van der Waals surface area (Å²) in [6, 6.07) is 14.9. The third kappa shape index (κ3) is 5.76. The molecular weight excluding hydrogens is 426 g/mol. The van der Waals surface area contributed by atoms with Crippen LogP contribution < -0.4 is 10.6 Å². The number of halogens is 1. The van der Waals surface area contributed by atoms with E-state index in [4.69, 9.17) is 11.6 Å². The van der Waals surface area contributed by atoms with Crippen LogP contribution in [0.3, 0.4) is 0 Å². The topological polar surface area (TPSA) is 79.3 Å². The van der Waals surface area contributed by atoms with Gasteiger partial charge in [-0.2, -0.15) is 0 Å². The highest BCUT2D eigenvalue weighted by Gasteiger charge is 2.18. The summed E-state index contributed by atoms with van der Waals surface area (Å²) < 4.78 is 1.81. The molecule has 2 N–H and O–H groups in total. The molecule has 0 aliphatic heterocycles. The molecule has 0 fully saturated rings. The fourth-order valence-corrected chi connectivity index (χ4v) is 3.23. The van der Waals surface area contributed by atoms with Crippen LogP contribution in [0.15, 0.2) is 67.4 Å². The van der Waals surface area contributed by atoms with Crippen molar-refractivity contribution in [3.63, 3.8) is 0 Å². The zero-order valence-electron chi connectivity index (χ0n) is 18.1. The predicted octanol–water partition coefficient (Wildman–Crippen LogP) is 4.66. The van der Waals surface area contributed by atoms with Crippen LogP contribution in [0, 0.1) is 6.92 Å². The first kappa shape index (κ1) is 23.1. The molecule has 1 heterocycles. The first-order valence-corrected chi connectivity index (χ1v) is 10.6. The predicted molar refractivity (Wildman–Crippen MR) is 128 cm³/mol. The molecule has 1 aromatic heterocycles. The van der Waals surface area contributed by atoms with E-state index < -0.39 is 0 Å². The van der Waals surface area contributed by atoms with Crippen molar-refractivity contribution in [2.75, 3.05) is 25.0 Å². The van der Waals surface area contributed by atoms with Gasteiger partial charge in [0.15, 0.2) is 0 Å². The van der Waals surface area contributed by atoms with Crippen molar-refractivity contribution in [1.29, 1.82) is 0 Å². The van der Waals surface area contributed by atoms with E-state index in [9.17, 15) is 9.59 Å². The van der Waals surface area contributed by atoms with Gasteiger partial charge in [-0.1, -0.05) is 47.5 Å². The highest BCUT2D eigenvalue weighted by atomic mass is 35.5. The number of urea groups is 1. The zero-order chi connectivity index (χ0) is 23.1. The molecule has 0 spiro atoms. The maximum atomic E-state index is 12.8. The van der Waals surface area contributed by atoms with E-state index >= 15 is 0 Å². The Labute approximate surface area is 192 Å². The van der Waals surface area contributed by atoms with Gasteiger partial charge < -0.3 is 10.2 Å². The first-order valence-electron chi connectivity index (χ1n) is 10.3. The number of nitrogens with zero attached hydrogens (tertiary/aromatic N) is 3. The maximum Gasteiger partial charge on any atom is 0.318 e. The number of carbonyl (C=O) groups excluding carboxylic acids is 2. The van der Waals surface area contributed by atoms with E-state index in [1.54, 1.807) is 18.2 Å². The van der Waals surface area contributed by atoms with Crippen LogP contribution in [-0.2, 0) is 4.79 Å². The second-order valence-electron chi connectivity index (χ2n) is 7.22. The van der Waals surface area contributed by atoms with Gasteiger partial charge in [0.1, 0.15) is 6.54 Å². The summed E-state index contributed by atoms with van der Waals surface area (Å²) in [5, 5.41) is 6.17. The summed E-state index contributed by atoms with van der Waals surface area (Å²) in [6.45, 7) is 8.08. The minimum absolute atomic E-state index is 0.130. The normalized spacial score (nSPS) is 10.5. The van der Waals surface area contributed by atoms with Crippen LogP contribution in [-0.4, -0.2) is 46.0 Å². The minimum Gasteiger partial charge on any atom is -0.338 e. The molecule has 0 saturated heterocycles. The number of anilines is 1. The molecule has 0 atom stereocenters. The number of nitrogens with one attached hydrogen (secondary N) is 2. The lowest BCUT2D eigenvalue weighted by Gasteiger charge is -2.20. The Morgan fingerprint density at radius 3 is 2.47 bits per heavy atom. The molecule has 7 nitrogen and oxygen atoms in total. The van der Waals surface area contributed by atoms with Crippen LogP contribution >= 0.6 is 11.6 Å². The van der Waals surface area contributed by atoms with E-state index in [0.717, 1.165) is 16.8 Å². The molecule has 3 aromatic rings. The summed E-state index contributed by atoms with van der Waals surface area (Å²) in [6.07, 6.45) is 3.43. The summed E-state index contributed by atoms with van der Waals surface area (Å²) in [7, 11) is 0. The van der Waals surface area contributed by atoms with Crippen molar-refractivity contribution in [2.45, 2.75) is 13.8 Å². The summed E-state index contributed by atoms with van der Waals surface area (Å²) in [4.78, 5) is 31.0. The highest BCUT2D eigenvalue weighted by molar-refractivity contribution is 6.30. The first-order chi connectivity index (χ1) is 15.4. The molecule has 166 valence electrons. The summed E-state index contributed by atoms with van der Waals surface area (Å²) >= 11 is 6.01. The van der Waals surface area contributed by atoms with Crippen molar-refractivity contribution in [2.24, 2.45) is 0 Å². The Kier molecular flexibility index (Phi) is 7.68. The number of imidazole rings is 1. The van der Waals surface area contributed by atoms with Gasteiger partial charge in [-0.05, 0) is 38.1 Å². The molecule has 0 unspecified atom stereocenters. The number of carbonyl (C=O) groups is 2. The van der Waals surface area contributed by atoms with Crippen LogP contribution in [0.25, 0.3) is 16.9 Å². The molecule has 0 bridgehead atoms. The van der Waals surface area contributed by atoms with E-state index in [-0.39, 0.29) is 25.0 Å². The van der Waals surface area contributed by atoms with Gasteiger partial charge in [-0.15, -0.1) is 6.58 Å². The van der Waals surface area contributed by atoms with Gasteiger partial charge in [0.05, 0.1) is 5.69 Å². The average Bonchev–Trinajstić information content (AvgIpc) is 3.18. The van der Waals surface area contributed by atoms with Crippen molar-refractivity contribution >= 4 is 29.5 Å². The van der Waals surface area contributed by atoms with E-state index in [0.29, 0.717) is 23.2 Å². The molecule has 0 radical (unpaired) electrons. The van der Waals surface area contributed by atoms with Gasteiger partial charge in [0.25, 0.3) is 0 Å². The number of hydrogen-bond donors (Lipinski definition) is 2. The largest absolute Gasteiger partial charge is 0.338 e. The van der Waals surface area contributed by atoms with E-state index in [1.165, 1.54) is 4.90 Å². The lowest BCUT2D eigenvalue weighted by atomic mass is 10.2. The van der Waals surface area contributed by atoms with E-state index in [1.807, 2.05) is 61.0 Å². The minimum atomic E-state index is -0.361. The van der Waals surface area contributed by atoms with Crippen molar-refractivity contribution in [3.8, 4) is 16.9 Å². The van der Waals surface area contributed by atoms with Crippen molar-refractivity contribution < 1.29 is 9.59 Å². The zero-order valence-corrected chi connectivity index (χ0v) is 18.9. The van der Waals surface area contributed by atoms with Crippen LogP contribution in [0.1, 0.15) is 12.5 Å². The molecule has 0 saturated carbocycles. The van der Waals surface area contributed by atoms with Crippen LogP contribution in [0.5, 0.6) is 0 Å². The fraction of sp³-hybridized carbons (Fsp3) is 0.208. The monoisotopic (exact) mass is 451 g/mol. The molecule has 3 amide bonds. The molecule has 8 heteroatoms. The molecule has 2 aromatic carbocycles. The summed E-state index contributed by atoms with van der Waals surface area (Å²) in [5.41, 5.74) is 3.53. The molecule has 32 heavy (non-hydrogen) atoms. The Morgan fingerprint density at radius 1 is 1.16 bits per heavy atom. The smallest absolute Gasteiger partial charge is 0.318 e. The number of rotatable bonds is 8. The van der Waals surface area contributed by atoms with Crippen molar-refractivity contribution in [1.82, 2.24) is 19.8 Å². The number of aryl methyl sites for hydroxylation is 1. The number of benzene rings is 2. The fourth-order valence-electron chi connectivity index (χ4n) is 3.11. The van der Waals surface area contributed by atoms with Gasteiger partial charge in [-0.25, -0.2) is 9.78 Å². The molecule has 0 aliphatic rings. The van der Waals surface area contributed by atoms with Crippen LogP contribution in [0.2, 0.25) is 5.02 Å². The van der Waals surface area contributed by atoms with Gasteiger partial charge in [0, 0.05) is 35.6 Å². The maximum absolute atomic E-state index is 12.8. The lowest BCUT2D eigenvalue weighted by molar-refractivity contribution is -0.116. The lowest BCUT2D eigenvalue weighted by Crippen LogP contribution is -2.44. The summed E-state index contributed by atoms with van der Waals surface area (Å²) in [5.74, 6) is -0.00187. The van der Waals surface area contributed by atoms with Crippen molar-refractivity contribution in [3.05, 3.63) is 78.0 Å². The SMILES string of the molecule is C=CCN(CC(=O)Nc1nc(-c2ccc(Cl)cc2)cn1-c1ccc(C)cc1)C(=O)NCC. The number of amides is 3. The molecule has 3 rings (SSSR count). The van der Waals surface area contributed by atoms with Gasteiger partial charge in [0.2, 0.25) is 11.9 Å². The average molecular weight is 452 g/mol. The highest BCUT2D eigenvalue weighted by Crippen LogP contribution is 2.25. The quantitative estimate of drug-likeness (QED) is 0.489. The molecular formula is C24H26ClN5O2. The van der Waals surface area contributed by atoms with E-state index in [2.05, 4.69) is 22.2 Å². The molecule has 0 aliphatic carbocycles. The van der Waals surface area contributed by atoms with Gasteiger partial charge >= 0.3 is 6.03 Å². The third-order valence-electron chi connectivity index (χ3n) is 4.71. The van der Waals surface area contributed by atoms with Crippen LogP contribution in [0.4, 0.5) is 10.7 Å². The number of aromatic nitrogens is 2. The number of hydrogen-bond acceptors (Lipinski definition) is 3. The Hall–Kier alpha value is -3.58. The standard InChI is InChI=1S/C24H26ClN5O2/c1-4-14-29(24(32)26-5-2)16-22(31)28-23-27-21(18-8-10-19(25)11-9-18)15-30(23)20-12-6-17(3)7-13-20/h4,6-13,15H,1,5,14,16H2,2-3H3,(H,26,32)(H,27,28,31). The van der Waals surface area contributed by atoms with Gasteiger partial charge in [-0.3, -0.25) is 14.7 Å². The Bertz CT molecular complexity index is 1090. The Morgan fingerprint density at radius 2 is 1.84 bits per heavy atom.